The number of ether oxygens (including phenoxy) is 1. The van der Waals surface area contributed by atoms with E-state index >= 15 is 0 Å². The number of benzene rings is 2. The fraction of sp³-hybridized carbons (Fsp3) is 0.0952. The molecule has 2 aromatic heterocycles. The van der Waals surface area contributed by atoms with E-state index in [1.807, 2.05) is 77.5 Å². The highest BCUT2D eigenvalue weighted by Crippen LogP contribution is 2.22. The van der Waals surface area contributed by atoms with E-state index in [1.165, 1.54) is 0 Å². The minimum absolute atomic E-state index is 0.215. The van der Waals surface area contributed by atoms with Crippen molar-refractivity contribution in [3.63, 3.8) is 0 Å². The molecule has 0 fully saturated rings. The number of carbonyl (C=O) groups is 1. The van der Waals surface area contributed by atoms with E-state index in [0.29, 0.717) is 17.2 Å². The largest absolute Gasteiger partial charge is 0.481 e. The van der Waals surface area contributed by atoms with Crippen LogP contribution in [0.1, 0.15) is 6.92 Å². The summed E-state index contributed by atoms with van der Waals surface area (Å²) in [5.74, 6) is 1.07. The Bertz CT molecular complexity index is 1040. The van der Waals surface area contributed by atoms with Gasteiger partial charge in [0.15, 0.2) is 6.10 Å². The lowest BCUT2D eigenvalue weighted by molar-refractivity contribution is -0.122. The van der Waals surface area contributed by atoms with Gasteiger partial charge < -0.3 is 10.1 Å². The van der Waals surface area contributed by atoms with E-state index in [0.717, 1.165) is 11.3 Å². The third kappa shape index (κ3) is 3.79. The monoisotopic (exact) mass is 358 g/mol. The average Bonchev–Trinajstić information content (AvgIpc) is 3.13. The van der Waals surface area contributed by atoms with Gasteiger partial charge in [-0.2, -0.15) is 0 Å². The van der Waals surface area contributed by atoms with E-state index < -0.39 is 6.10 Å². The number of para-hydroxylation sites is 1. The van der Waals surface area contributed by atoms with Gasteiger partial charge in [0, 0.05) is 29.8 Å². The van der Waals surface area contributed by atoms with Gasteiger partial charge in [0.1, 0.15) is 5.75 Å². The number of rotatable bonds is 5. The van der Waals surface area contributed by atoms with Gasteiger partial charge in [-0.15, -0.1) is 0 Å². The lowest BCUT2D eigenvalue weighted by Crippen LogP contribution is -2.30. The van der Waals surface area contributed by atoms with Crippen LogP contribution in [0.5, 0.6) is 5.75 Å². The summed E-state index contributed by atoms with van der Waals surface area (Å²) in [6, 6.07) is 18.7. The fourth-order valence-corrected chi connectivity index (χ4v) is 2.73. The number of nitrogens with zero attached hydrogens (tertiary/aromatic N) is 3. The normalized spacial score (nSPS) is 11.9. The van der Waals surface area contributed by atoms with Gasteiger partial charge in [0.2, 0.25) is 5.78 Å². The Morgan fingerprint density at radius 1 is 1.11 bits per heavy atom. The van der Waals surface area contributed by atoms with Crippen LogP contribution in [0.2, 0.25) is 0 Å². The molecule has 2 heterocycles. The molecule has 0 spiro atoms. The van der Waals surface area contributed by atoms with Crippen LogP contribution in [0.25, 0.3) is 17.0 Å². The number of nitrogens with one attached hydrogen (secondary N) is 1. The Balaban J connectivity index is 1.49. The fourth-order valence-electron chi connectivity index (χ4n) is 2.73. The maximum Gasteiger partial charge on any atom is 0.265 e. The molecule has 2 aromatic carbocycles. The molecule has 0 saturated carbocycles. The number of anilines is 1. The molecular weight excluding hydrogens is 340 g/mol. The first-order chi connectivity index (χ1) is 13.2. The van der Waals surface area contributed by atoms with Gasteiger partial charge >= 0.3 is 0 Å². The van der Waals surface area contributed by atoms with E-state index in [4.69, 9.17) is 4.74 Å². The number of imidazole rings is 1. The molecule has 0 aliphatic heterocycles. The topological polar surface area (TPSA) is 68.5 Å². The highest BCUT2D eigenvalue weighted by Gasteiger charge is 2.15. The number of aromatic nitrogens is 3. The maximum atomic E-state index is 12.4. The van der Waals surface area contributed by atoms with Gasteiger partial charge in [-0.1, -0.05) is 30.3 Å². The number of hydrogen-bond acceptors (Lipinski definition) is 4. The summed E-state index contributed by atoms with van der Waals surface area (Å²) < 4.78 is 7.52. The smallest absolute Gasteiger partial charge is 0.265 e. The van der Waals surface area contributed by atoms with Crippen molar-refractivity contribution < 1.29 is 9.53 Å². The molecule has 4 aromatic rings. The number of amides is 1. The van der Waals surface area contributed by atoms with E-state index in [2.05, 4.69) is 15.3 Å². The Morgan fingerprint density at radius 2 is 1.96 bits per heavy atom. The van der Waals surface area contributed by atoms with E-state index in [9.17, 15) is 4.79 Å². The quantitative estimate of drug-likeness (QED) is 0.589. The average molecular weight is 358 g/mol. The zero-order valence-corrected chi connectivity index (χ0v) is 14.7. The van der Waals surface area contributed by atoms with Crippen molar-refractivity contribution in [3.8, 4) is 17.0 Å². The molecule has 0 unspecified atom stereocenters. The number of carbonyl (C=O) groups excluding carboxylic acids is 1. The molecule has 1 amide bonds. The van der Waals surface area contributed by atoms with Crippen molar-refractivity contribution in [2.24, 2.45) is 0 Å². The van der Waals surface area contributed by atoms with E-state index in [-0.39, 0.29) is 5.91 Å². The summed E-state index contributed by atoms with van der Waals surface area (Å²) in [7, 11) is 0. The summed E-state index contributed by atoms with van der Waals surface area (Å²) in [6.07, 6.45) is 4.89. The van der Waals surface area contributed by atoms with Crippen molar-refractivity contribution in [2.45, 2.75) is 13.0 Å². The van der Waals surface area contributed by atoms with Crippen LogP contribution in [-0.4, -0.2) is 26.4 Å². The second-order valence-corrected chi connectivity index (χ2v) is 6.10. The third-order valence-electron chi connectivity index (χ3n) is 4.09. The molecule has 1 atom stereocenters. The summed E-state index contributed by atoms with van der Waals surface area (Å²) in [4.78, 5) is 21.2. The van der Waals surface area contributed by atoms with Crippen LogP contribution in [0.15, 0.2) is 79.3 Å². The number of fused-ring (bicyclic) bond motifs is 1. The highest BCUT2D eigenvalue weighted by atomic mass is 16.5. The first-order valence-corrected chi connectivity index (χ1v) is 8.62. The molecule has 0 aliphatic carbocycles. The molecule has 27 heavy (non-hydrogen) atoms. The molecule has 4 rings (SSSR count). The van der Waals surface area contributed by atoms with Crippen molar-refractivity contribution in [1.29, 1.82) is 0 Å². The SMILES string of the molecule is C[C@@H](Oc1ccccc1)C(=O)Nc1cccc(-c2cn3cccnc3n2)c1. The molecule has 0 saturated heterocycles. The maximum absolute atomic E-state index is 12.4. The molecular formula is C21H18N4O2. The molecule has 0 aliphatic rings. The van der Waals surface area contributed by atoms with Crippen LogP contribution in [-0.2, 0) is 4.79 Å². The summed E-state index contributed by atoms with van der Waals surface area (Å²) in [5.41, 5.74) is 2.37. The lowest BCUT2D eigenvalue weighted by Gasteiger charge is -2.15. The molecule has 1 N–H and O–H groups in total. The van der Waals surface area contributed by atoms with Gasteiger partial charge in [0.25, 0.3) is 5.91 Å². The Labute approximate surface area is 156 Å². The first kappa shape index (κ1) is 16.8. The zero-order valence-electron chi connectivity index (χ0n) is 14.7. The molecule has 6 heteroatoms. The number of hydrogen-bond donors (Lipinski definition) is 1. The van der Waals surface area contributed by atoms with E-state index in [1.54, 1.807) is 13.1 Å². The summed E-state index contributed by atoms with van der Waals surface area (Å²) >= 11 is 0. The predicted molar refractivity (Wildman–Crippen MR) is 104 cm³/mol. The minimum Gasteiger partial charge on any atom is -0.481 e. The second-order valence-electron chi connectivity index (χ2n) is 6.10. The highest BCUT2D eigenvalue weighted by molar-refractivity contribution is 5.94. The van der Waals surface area contributed by atoms with Crippen molar-refractivity contribution in [3.05, 3.63) is 79.3 Å². The predicted octanol–water partition coefficient (Wildman–Crippen LogP) is 3.80. The van der Waals surface area contributed by atoms with Crippen molar-refractivity contribution >= 4 is 17.4 Å². The Kier molecular flexibility index (Phi) is 4.53. The third-order valence-corrected chi connectivity index (χ3v) is 4.09. The van der Waals surface area contributed by atoms with Crippen LogP contribution in [0.3, 0.4) is 0 Å². The van der Waals surface area contributed by atoms with Crippen LogP contribution in [0.4, 0.5) is 5.69 Å². The lowest BCUT2D eigenvalue weighted by atomic mass is 10.1. The van der Waals surface area contributed by atoms with Crippen LogP contribution in [0, 0.1) is 0 Å². The molecule has 6 nitrogen and oxygen atoms in total. The standard InChI is InChI=1S/C21H18N4O2/c1-15(27-18-9-3-2-4-10-18)20(26)23-17-8-5-7-16(13-17)19-14-25-12-6-11-22-21(25)24-19/h2-15H,1H3,(H,23,26)/t15-/m1/s1. The van der Waals surface area contributed by atoms with Gasteiger partial charge in [-0.05, 0) is 37.3 Å². The molecule has 0 bridgehead atoms. The van der Waals surface area contributed by atoms with Crippen LogP contribution < -0.4 is 10.1 Å². The minimum atomic E-state index is -0.615. The molecule has 134 valence electrons. The Morgan fingerprint density at radius 3 is 2.78 bits per heavy atom. The van der Waals surface area contributed by atoms with Crippen LogP contribution >= 0.6 is 0 Å². The summed E-state index contributed by atoms with van der Waals surface area (Å²) in [5, 5.41) is 2.89. The summed E-state index contributed by atoms with van der Waals surface area (Å²) in [6.45, 7) is 1.72. The molecule has 0 radical (unpaired) electrons. The van der Waals surface area contributed by atoms with Gasteiger partial charge in [-0.25, -0.2) is 9.97 Å². The Hall–Kier alpha value is -3.67. The zero-order chi connectivity index (χ0) is 18.6. The second kappa shape index (κ2) is 7.29. The van der Waals surface area contributed by atoms with Gasteiger partial charge in [0.05, 0.1) is 5.69 Å². The first-order valence-electron chi connectivity index (χ1n) is 8.62. The van der Waals surface area contributed by atoms with Gasteiger partial charge in [-0.3, -0.25) is 9.20 Å². The van der Waals surface area contributed by atoms with Crippen molar-refractivity contribution in [1.82, 2.24) is 14.4 Å². The van der Waals surface area contributed by atoms with Crippen molar-refractivity contribution in [2.75, 3.05) is 5.32 Å².